The maximum Gasteiger partial charge on any atom is 0.237 e. The summed E-state index contributed by atoms with van der Waals surface area (Å²) in [5, 5.41) is 2.91. The van der Waals surface area contributed by atoms with Crippen LogP contribution in [0.15, 0.2) is 0 Å². The van der Waals surface area contributed by atoms with Gasteiger partial charge in [0, 0.05) is 19.1 Å². The number of halogens is 2. The normalized spacial score (nSPS) is 16.9. The Balaban J connectivity index is 0. The molecule has 4 nitrogen and oxygen atoms in total. The molecule has 1 amide bonds. The SMILES string of the molecule is CC(C)C(N)C(=O)NCCN(C)C1CCCC1.Cl.Cl. The number of hydrogen-bond donors (Lipinski definition) is 2. The van der Waals surface area contributed by atoms with Crippen LogP contribution in [0.4, 0.5) is 0 Å². The Morgan fingerprint density at radius 3 is 2.32 bits per heavy atom. The molecular formula is C13H29Cl2N3O. The van der Waals surface area contributed by atoms with E-state index in [0.29, 0.717) is 12.6 Å². The summed E-state index contributed by atoms with van der Waals surface area (Å²) in [4.78, 5) is 14.0. The van der Waals surface area contributed by atoms with Crippen molar-refractivity contribution in [3.63, 3.8) is 0 Å². The van der Waals surface area contributed by atoms with Crippen LogP contribution in [0.25, 0.3) is 0 Å². The van der Waals surface area contributed by atoms with Crippen LogP contribution in [0, 0.1) is 5.92 Å². The van der Waals surface area contributed by atoms with Gasteiger partial charge >= 0.3 is 0 Å². The third-order valence-electron chi connectivity index (χ3n) is 3.73. The van der Waals surface area contributed by atoms with Crippen molar-refractivity contribution in [1.29, 1.82) is 0 Å². The lowest BCUT2D eigenvalue weighted by Crippen LogP contribution is -2.46. The molecule has 1 rings (SSSR count). The van der Waals surface area contributed by atoms with E-state index in [1.165, 1.54) is 25.7 Å². The Morgan fingerprint density at radius 1 is 1.32 bits per heavy atom. The molecule has 0 saturated heterocycles. The van der Waals surface area contributed by atoms with Crippen LogP contribution in [0.1, 0.15) is 39.5 Å². The van der Waals surface area contributed by atoms with Crippen molar-refractivity contribution >= 4 is 30.7 Å². The fraction of sp³-hybridized carbons (Fsp3) is 0.923. The minimum Gasteiger partial charge on any atom is -0.353 e. The van der Waals surface area contributed by atoms with E-state index in [1.54, 1.807) is 0 Å². The van der Waals surface area contributed by atoms with Gasteiger partial charge in [-0.05, 0) is 25.8 Å². The highest BCUT2D eigenvalue weighted by molar-refractivity contribution is 5.85. The summed E-state index contributed by atoms with van der Waals surface area (Å²) in [6, 6.07) is 0.331. The van der Waals surface area contributed by atoms with Crippen LogP contribution in [0.5, 0.6) is 0 Å². The Kier molecular flexibility index (Phi) is 12.0. The summed E-state index contributed by atoms with van der Waals surface area (Å²) < 4.78 is 0. The van der Waals surface area contributed by atoms with E-state index in [9.17, 15) is 4.79 Å². The molecule has 1 atom stereocenters. The third-order valence-corrected chi connectivity index (χ3v) is 3.73. The first kappa shape index (κ1) is 21.3. The third kappa shape index (κ3) is 7.35. The fourth-order valence-electron chi connectivity index (χ4n) is 2.30. The van der Waals surface area contributed by atoms with E-state index in [0.717, 1.165) is 6.54 Å². The van der Waals surface area contributed by atoms with Crippen molar-refractivity contribution in [2.24, 2.45) is 11.7 Å². The summed E-state index contributed by atoms with van der Waals surface area (Å²) in [5.74, 6) is 0.169. The molecule has 0 aromatic heterocycles. The lowest BCUT2D eigenvalue weighted by atomic mass is 10.1. The van der Waals surface area contributed by atoms with Crippen LogP contribution < -0.4 is 11.1 Å². The quantitative estimate of drug-likeness (QED) is 0.786. The number of rotatable bonds is 6. The molecule has 1 aliphatic rings. The Labute approximate surface area is 129 Å². The molecular weight excluding hydrogens is 285 g/mol. The number of amides is 1. The second-order valence-electron chi connectivity index (χ2n) is 5.48. The number of nitrogens with two attached hydrogens (primary N) is 1. The Bertz CT molecular complexity index is 246. The van der Waals surface area contributed by atoms with E-state index < -0.39 is 0 Å². The largest absolute Gasteiger partial charge is 0.353 e. The van der Waals surface area contributed by atoms with Crippen LogP contribution in [0.3, 0.4) is 0 Å². The van der Waals surface area contributed by atoms with E-state index in [4.69, 9.17) is 5.73 Å². The number of hydrogen-bond acceptors (Lipinski definition) is 3. The Morgan fingerprint density at radius 2 is 1.84 bits per heavy atom. The molecule has 116 valence electrons. The van der Waals surface area contributed by atoms with Gasteiger partial charge in [-0.15, -0.1) is 24.8 Å². The molecule has 0 aromatic carbocycles. The van der Waals surface area contributed by atoms with Crippen LogP contribution in [0.2, 0.25) is 0 Å². The van der Waals surface area contributed by atoms with Gasteiger partial charge in [0.15, 0.2) is 0 Å². The first-order valence-electron chi connectivity index (χ1n) is 6.76. The molecule has 3 N–H and O–H groups in total. The monoisotopic (exact) mass is 313 g/mol. The highest BCUT2D eigenvalue weighted by atomic mass is 35.5. The maximum atomic E-state index is 11.6. The number of carbonyl (C=O) groups is 1. The van der Waals surface area contributed by atoms with Crippen molar-refractivity contribution in [1.82, 2.24) is 10.2 Å². The molecule has 19 heavy (non-hydrogen) atoms. The molecule has 0 spiro atoms. The van der Waals surface area contributed by atoms with Gasteiger partial charge in [-0.2, -0.15) is 0 Å². The minimum atomic E-state index is -0.383. The number of carbonyl (C=O) groups excluding carboxylic acids is 1. The van der Waals surface area contributed by atoms with Gasteiger partial charge in [0.1, 0.15) is 0 Å². The summed E-state index contributed by atoms with van der Waals surface area (Å²) in [5.41, 5.74) is 5.77. The van der Waals surface area contributed by atoms with Gasteiger partial charge < -0.3 is 16.0 Å². The lowest BCUT2D eigenvalue weighted by Gasteiger charge is -2.24. The van der Waals surface area contributed by atoms with Crippen molar-refractivity contribution in [2.45, 2.75) is 51.6 Å². The van der Waals surface area contributed by atoms with Gasteiger partial charge in [-0.3, -0.25) is 4.79 Å². The van der Waals surface area contributed by atoms with Crippen LogP contribution >= 0.6 is 24.8 Å². The molecule has 1 unspecified atom stereocenters. The molecule has 1 fully saturated rings. The average molecular weight is 314 g/mol. The van der Waals surface area contributed by atoms with E-state index >= 15 is 0 Å². The van der Waals surface area contributed by atoms with Crippen molar-refractivity contribution < 1.29 is 4.79 Å². The predicted octanol–water partition coefficient (Wildman–Crippen LogP) is 1.80. The maximum absolute atomic E-state index is 11.6. The van der Waals surface area contributed by atoms with Gasteiger partial charge in [-0.1, -0.05) is 26.7 Å². The van der Waals surface area contributed by atoms with E-state index in [1.807, 2.05) is 13.8 Å². The molecule has 1 aliphatic carbocycles. The highest BCUT2D eigenvalue weighted by Crippen LogP contribution is 2.21. The van der Waals surface area contributed by atoms with Gasteiger partial charge in [-0.25, -0.2) is 0 Å². The molecule has 6 heteroatoms. The van der Waals surface area contributed by atoms with Gasteiger partial charge in [0.2, 0.25) is 5.91 Å². The highest BCUT2D eigenvalue weighted by Gasteiger charge is 2.20. The first-order chi connectivity index (χ1) is 8.02. The number of nitrogens with zero attached hydrogens (tertiary/aromatic N) is 1. The van der Waals surface area contributed by atoms with Crippen LogP contribution in [-0.4, -0.2) is 43.0 Å². The second-order valence-corrected chi connectivity index (χ2v) is 5.48. The average Bonchev–Trinajstić information content (AvgIpc) is 2.80. The van der Waals surface area contributed by atoms with Gasteiger partial charge in [0.05, 0.1) is 6.04 Å². The number of likely N-dealkylation sites (N-methyl/N-ethyl adjacent to an activating group) is 1. The minimum absolute atomic E-state index is 0. The van der Waals surface area contributed by atoms with E-state index in [-0.39, 0.29) is 42.7 Å². The topological polar surface area (TPSA) is 58.4 Å². The summed E-state index contributed by atoms with van der Waals surface area (Å²) >= 11 is 0. The first-order valence-corrected chi connectivity index (χ1v) is 6.76. The molecule has 1 saturated carbocycles. The molecule has 0 bridgehead atoms. The van der Waals surface area contributed by atoms with Crippen LogP contribution in [-0.2, 0) is 4.79 Å². The molecule has 0 radical (unpaired) electrons. The zero-order chi connectivity index (χ0) is 12.8. The van der Waals surface area contributed by atoms with Gasteiger partial charge in [0.25, 0.3) is 0 Å². The zero-order valence-corrected chi connectivity index (χ0v) is 13.9. The Hall–Kier alpha value is -0.0300. The van der Waals surface area contributed by atoms with E-state index in [2.05, 4.69) is 17.3 Å². The number of nitrogens with one attached hydrogen (secondary N) is 1. The lowest BCUT2D eigenvalue weighted by molar-refractivity contribution is -0.123. The summed E-state index contributed by atoms with van der Waals surface area (Å²) in [7, 11) is 2.14. The summed E-state index contributed by atoms with van der Waals surface area (Å²) in [6.45, 7) is 5.55. The van der Waals surface area contributed by atoms with Crippen molar-refractivity contribution in [3.8, 4) is 0 Å². The molecule has 0 aliphatic heterocycles. The zero-order valence-electron chi connectivity index (χ0n) is 12.2. The van der Waals surface area contributed by atoms with Crippen molar-refractivity contribution in [2.75, 3.05) is 20.1 Å². The second kappa shape index (κ2) is 10.7. The predicted molar refractivity (Wildman–Crippen MR) is 85.2 cm³/mol. The standard InChI is InChI=1S/C13H27N3O.2ClH/c1-10(2)12(14)13(17)15-8-9-16(3)11-6-4-5-7-11;;/h10-12H,4-9,14H2,1-3H3,(H,15,17);2*1H. The van der Waals surface area contributed by atoms with Crippen molar-refractivity contribution in [3.05, 3.63) is 0 Å². The fourth-order valence-corrected chi connectivity index (χ4v) is 2.30. The smallest absolute Gasteiger partial charge is 0.237 e. The molecule has 0 heterocycles. The summed E-state index contributed by atoms with van der Waals surface area (Å²) in [6.07, 6.45) is 5.30. The molecule has 0 aromatic rings.